The third-order valence-electron chi connectivity index (χ3n) is 4.64. The number of hydrogen-bond acceptors (Lipinski definition) is 3. The number of amides is 2. The van der Waals surface area contributed by atoms with Crippen LogP contribution < -0.4 is 5.32 Å². The largest absolute Gasteiger partial charge is 0.338 e. The van der Waals surface area contributed by atoms with Crippen LogP contribution in [0, 0.1) is 18.7 Å². The second kappa shape index (κ2) is 6.66. The molecule has 2 amide bonds. The van der Waals surface area contributed by atoms with Gasteiger partial charge in [0.2, 0.25) is 11.8 Å². The number of nitrogens with zero attached hydrogens (tertiary/aromatic N) is 3. The summed E-state index contributed by atoms with van der Waals surface area (Å²) in [6.07, 6.45) is 0.720. The zero-order chi connectivity index (χ0) is 18.1. The number of aromatic nitrogens is 2. The molecule has 0 saturated carbocycles. The maximum atomic E-state index is 13.7. The van der Waals surface area contributed by atoms with E-state index in [0.717, 1.165) is 5.69 Å². The zero-order valence-corrected chi connectivity index (χ0v) is 14.5. The lowest BCUT2D eigenvalue weighted by molar-refractivity contribution is -0.140. The van der Waals surface area contributed by atoms with E-state index in [4.69, 9.17) is 0 Å². The van der Waals surface area contributed by atoms with E-state index < -0.39 is 12.0 Å². The van der Waals surface area contributed by atoms with Gasteiger partial charge in [-0.15, -0.1) is 0 Å². The Balaban J connectivity index is 1.90. The molecule has 0 bridgehead atoms. The van der Waals surface area contributed by atoms with Gasteiger partial charge in [-0.2, -0.15) is 5.10 Å². The molecule has 1 aliphatic rings. The molecular weight excluding hydrogens is 323 g/mol. The third-order valence-corrected chi connectivity index (χ3v) is 4.64. The van der Waals surface area contributed by atoms with Crippen LogP contribution in [0.5, 0.6) is 0 Å². The topological polar surface area (TPSA) is 67.2 Å². The van der Waals surface area contributed by atoms with Gasteiger partial charge >= 0.3 is 0 Å². The summed E-state index contributed by atoms with van der Waals surface area (Å²) in [5.41, 5.74) is 1.42. The fourth-order valence-electron chi connectivity index (χ4n) is 3.41. The van der Waals surface area contributed by atoms with Crippen LogP contribution in [0.1, 0.15) is 30.1 Å². The number of benzene rings is 1. The Kier molecular flexibility index (Phi) is 4.57. The van der Waals surface area contributed by atoms with E-state index >= 15 is 0 Å². The molecule has 1 fully saturated rings. The molecule has 7 heteroatoms. The Morgan fingerprint density at radius 3 is 2.72 bits per heavy atom. The minimum Gasteiger partial charge on any atom is -0.338 e. The van der Waals surface area contributed by atoms with Crippen LogP contribution in [0.15, 0.2) is 30.3 Å². The molecule has 1 aliphatic heterocycles. The molecule has 0 radical (unpaired) electrons. The molecule has 0 unspecified atom stereocenters. The van der Waals surface area contributed by atoms with Crippen LogP contribution in [0.25, 0.3) is 0 Å². The monoisotopic (exact) mass is 344 g/mol. The summed E-state index contributed by atoms with van der Waals surface area (Å²) < 4.78 is 15.3. The molecule has 2 atom stereocenters. The highest BCUT2D eigenvalue weighted by molar-refractivity contribution is 5.94. The Morgan fingerprint density at radius 2 is 2.08 bits per heavy atom. The molecule has 6 nitrogen and oxygen atoms in total. The molecule has 1 N–H and O–H groups in total. The van der Waals surface area contributed by atoms with E-state index in [1.165, 1.54) is 17.0 Å². The summed E-state index contributed by atoms with van der Waals surface area (Å²) in [6.45, 7) is 1.85. The molecule has 2 aromatic rings. The minimum atomic E-state index is -0.494. The van der Waals surface area contributed by atoms with Crippen molar-refractivity contribution in [2.75, 3.05) is 12.4 Å². The van der Waals surface area contributed by atoms with E-state index in [1.54, 1.807) is 37.0 Å². The van der Waals surface area contributed by atoms with Crippen molar-refractivity contribution in [3.63, 3.8) is 0 Å². The Hall–Kier alpha value is -2.70. The molecule has 2 heterocycles. The average Bonchev–Trinajstić information content (AvgIpc) is 2.87. The lowest BCUT2D eigenvalue weighted by Gasteiger charge is -2.38. The summed E-state index contributed by atoms with van der Waals surface area (Å²) in [7, 11) is 3.41. The fourth-order valence-corrected chi connectivity index (χ4v) is 3.41. The van der Waals surface area contributed by atoms with Crippen LogP contribution >= 0.6 is 0 Å². The van der Waals surface area contributed by atoms with Crippen molar-refractivity contribution in [2.45, 2.75) is 25.8 Å². The summed E-state index contributed by atoms with van der Waals surface area (Å²) in [4.78, 5) is 26.5. The molecule has 0 aliphatic carbocycles. The number of anilines is 1. The number of rotatable bonds is 3. The first-order valence-electron chi connectivity index (χ1n) is 8.19. The van der Waals surface area contributed by atoms with Gasteiger partial charge in [0.05, 0.1) is 17.7 Å². The van der Waals surface area contributed by atoms with E-state index in [0.29, 0.717) is 24.2 Å². The van der Waals surface area contributed by atoms with Gasteiger partial charge in [-0.1, -0.05) is 12.1 Å². The van der Waals surface area contributed by atoms with Crippen molar-refractivity contribution in [2.24, 2.45) is 13.0 Å². The molecule has 1 aromatic heterocycles. The van der Waals surface area contributed by atoms with Crippen molar-refractivity contribution >= 4 is 17.6 Å². The first-order valence-corrected chi connectivity index (χ1v) is 8.19. The molecule has 25 heavy (non-hydrogen) atoms. The van der Waals surface area contributed by atoms with Crippen molar-refractivity contribution < 1.29 is 14.0 Å². The Morgan fingerprint density at radius 1 is 1.32 bits per heavy atom. The smallest absolute Gasteiger partial charge is 0.231 e. The first kappa shape index (κ1) is 17.1. The van der Waals surface area contributed by atoms with E-state index in [9.17, 15) is 14.0 Å². The SMILES string of the molecule is Cc1cc(NC(=O)[C@@H]2CCC(=O)N(C)[C@H]2c2cccc(F)c2)n(C)n1. The second-order valence-electron chi connectivity index (χ2n) is 6.43. The number of halogens is 1. The van der Waals surface area contributed by atoms with Crippen molar-refractivity contribution in [1.29, 1.82) is 0 Å². The molecule has 132 valence electrons. The summed E-state index contributed by atoms with van der Waals surface area (Å²) >= 11 is 0. The number of piperidine rings is 1. The quantitative estimate of drug-likeness (QED) is 0.930. The fraction of sp³-hybridized carbons (Fsp3) is 0.389. The maximum Gasteiger partial charge on any atom is 0.231 e. The van der Waals surface area contributed by atoms with Gasteiger partial charge in [-0.25, -0.2) is 4.39 Å². The lowest BCUT2D eigenvalue weighted by atomic mass is 9.84. The van der Waals surface area contributed by atoms with Crippen LogP contribution in [-0.2, 0) is 16.6 Å². The molecular formula is C18H21FN4O2. The molecule has 1 aromatic carbocycles. The van der Waals surface area contributed by atoms with Gasteiger partial charge in [0, 0.05) is 26.6 Å². The van der Waals surface area contributed by atoms with Crippen LogP contribution in [0.2, 0.25) is 0 Å². The molecule has 1 saturated heterocycles. The first-order chi connectivity index (χ1) is 11.9. The van der Waals surface area contributed by atoms with Crippen molar-refractivity contribution in [3.8, 4) is 0 Å². The Bertz CT molecular complexity index is 817. The highest BCUT2D eigenvalue weighted by Gasteiger charge is 2.39. The molecule has 0 spiro atoms. The normalized spacial score (nSPS) is 20.6. The van der Waals surface area contributed by atoms with Crippen LogP contribution in [0.4, 0.5) is 10.2 Å². The summed E-state index contributed by atoms with van der Waals surface area (Å²) in [6, 6.07) is 7.36. The average molecular weight is 344 g/mol. The van der Waals surface area contributed by atoms with Crippen molar-refractivity contribution in [1.82, 2.24) is 14.7 Å². The molecule has 3 rings (SSSR count). The van der Waals surface area contributed by atoms with Crippen LogP contribution in [0.3, 0.4) is 0 Å². The van der Waals surface area contributed by atoms with Gasteiger partial charge in [0.15, 0.2) is 0 Å². The zero-order valence-electron chi connectivity index (χ0n) is 14.5. The number of hydrogen-bond donors (Lipinski definition) is 1. The predicted molar refractivity (Wildman–Crippen MR) is 91.2 cm³/mol. The number of carbonyl (C=O) groups excluding carboxylic acids is 2. The summed E-state index contributed by atoms with van der Waals surface area (Å²) in [5.74, 6) is -0.489. The number of likely N-dealkylation sites (tertiary alicyclic amines) is 1. The second-order valence-corrected chi connectivity index (χ2v) is 6.43. The summed E-state index contributed by atoms with van der Waals surface area (Å²) in [5, 5.41) is 7.09. The lowest BCUT2D eigenvalue weighted by Crippen LogP contribution is -2.44. The van der Waals surface area contributed by atoms with E-state index in [-0.39, 0.29) is 17.6 Å². The standard InChI is InChI=1S/C18H21FN4O2/c1-11-9-15(23(3)21-11)20-18(25)14-7-8-16(24)22(2)17(14)12-5-4-6-13(19)10-12/h4-6,9-10,14,17H,7-8H2,1-3H3,(H,20,25)/t14-,17+/m1/s1. The van der Waals surface area contributed by atoms with Gasteiger partial charge in [0.1, 0.15) is 11.6 Å². The highest BCUT2D eigenvalue weighted by Crippen LogP contribution is 2.36. The van der Waals surface area contributed by atoms with Crippen LogP contribution in [-0.4, -0.2) is 33.5 Å². The number of nitrogens with one attached hydrogen (secondary N) is 1. The number of carbonyl (C=O) groups is 2. The maximum absolute atomic E-state index is 13.7. The minimum absolute atomic E-state index is 0.0466. The predicted octanol–water partition coefficient (Wildman–Crippen LogP) is 2.42. The van der Waals surface area contributed by atoms with Crippen molar-refractivity contribution in [3.05, 3.63) is 47.4 Å². The Labute approximate surface area is 145 Å². The van der Waals surface area contributed by atoms with Gasteiger partial charge in [-0.05, 0) is 31.0 Å². The number of aryl methyl sites for hydroxylation is 2. The van der Waals surface area contributed by atoms with E-state index in [1.807, 2.05) is 6.92 Å². The highest BCUT2D eigenvalue weighted by atomic mass is 19.1. The third kappa shape index (κ3) is 3.40. The van der Waals surface area contributed by atoms with E-state index in [2.05, 4.69) is 10.4 Å². The van der Waals surface area contributed by atoms with Gasteiger partial charge in [0.25, 0.3) is 0 Å². The van der Waals surface area contributed by atoms with Gasteiger partial charge < -0.3 is 10.2 Å². The van der Waals surface area contributed by atoms with Gasteiger partial charge in [-0.3, -0.25) is 14.3 Å².